The fourth-order valence-corrected chi connectivity index (χ4v) is 6.10. The lowest BCUT2D eigenvalue weighted by molar-refractivity contribution is -0.143. The molecule has 6 rings (SSSR count). The highest BCUT2D eigenvalue weighted by atomic mass is 19.4. The second-order valence-electron chi connectivity index (χ2n) is 11.9. The van der Waals surface area contributed by atoms with Crippen molar-refractivity contribution in [1.82, 2.24) is 15.2 Å². The van der Waals surface area contributed by atoms with Crippen LogP contribution in [-0.2, 0) is 18.5 Å². The van der Waals surface area contributed by atoms with Crippen molar-refractivity contribution >= 4 is 12.0 Å². The Morgan fingerprint density at radius 1 is 0.824 bits per heavy atom. The number of hydrogen-bond acceptors (Lipinski definition) is 4. The minimum atomic E-state index is -4.89. The SMILES string of the molecule is COc1ncc(-c2ccc(C(=O)O)cc2C)cc1-c1ccc(C(F)(F)F)cc1.O=C1NC(c2cc(C(F)(F)F)cc(C(F)(F)F)c2)C2CCCN12. The van der Waals surface area contributed by atoms with Crippen LogP contribution < -0.4 is 10.1 Å². The van der Waals surface area contributed by atoms with Crippen molar-refractivity contribution in [2.24, 2.45) is 0 Å². The number of ether oxygens (including phenoxy) is 1. The molecule has 3 aromatic carbocycles. The van der Waals surface area contributed by atoms with Crippen LogP contribution in [0.2, 0.25) is 0 Å². The third kappa shape index (κ3) is 8.05. The number of carboxylic acids is 1. The maximum absolute atomic E-state index is 12.9. The van der Waals surface area contributed by atoms with E-state index in [4.69, 9.17) is 9.84 Å². The summed E-state index contributed by atoms with van der Waals surface area (Å²) >= 11 is 0. The molecule has 0 spiro atoms. The van der Waals surface area contributed by atoms with Crippen molar-refractivity contribution in [2.45, 2.75) is 50.4 Å². The number of carbonyl (C=O) groups excluding carboxylic acids is 1. The number of benzene rings is 3. The standard InChI is InChI=1S/C21H16F3NO3.C14H12F6N2O/c1-12-9-14(20(26)27)5-8-17(12)15-10-18(19(28-2)25-11-15)13-3-6-16(7-4-13)21(22,23)24;15-13(16,17)8-4-7(5-9(6-8)14(18,19)20)11-10-2-1-3-22(10)12(23)21-11/h3-11H,1-2H3,(H,26,27);4-6,10-11H,1-3H2,(H,21,23). The highest BCUT2D eigenvalue weighted by Crippen LogP contribution is 2.41. The highest BCUT2D eigenvalue weighted by Gasteiger charge is 2.45. The molecule has 0 bridgehead atoms. The number of alkyl halides is 9. The van der Waals surface area contributed by atoms with Gasteiger partial charge in [-0.05, 0) is 90.6 Å². The maximum Gasteiger partial charge on any atom is 0.416 e. The summed E-state index contributed by atoms with van der Waals surface area (Å²) in [5.41, 5.74) is -0.195. The molecule has 3 heterocycles. The Morgan fingerprint density at radius 3 is 1.96 bits per heavy atom. The van der Waals surface area contributed by atoms with Crippen molar-refractivity contribution in [2.75, 3.05) is 13.7 Å². The van der Waals surface area contributed by atoms with Gasteiger partial charge >= 0.3 is 30.5 Å². The fourth-order valence-electron chi connectivity index (χ4n) is 6.10. The molecular weight excluding hydrogens is 697 g/mol. The summed E-state index contributed by atoms with van der Waals surface area (Å²) in [6.07, 6.45) is -11.4. The summed E-state index contributed by atoms with van der Waals surface area (Å²) in [5, 5.41) is 11.6. The van der Waals surface area contributed by atoms with E-state index in [9.17, 15) is 49.1 Å². The smallest absolute Gasteiger partial charge is 0.416 e. The largest absolute Gasteiger partial charge is 0.481 e. The lowest BCUT2D eigenvalue weighted by Gasteiger charge is -2.21. The van der Waals surface area contributed by atoms with E-state index in [1.54, 1.807) is 31.3 Å². The van der Waals surface area contributed by atoms with Crippen LogP contribution >= 0.6 is 0 Å². The third-order valence-corrected chi connectivity index (χ3v) is 8.55. The number of methoxy groups -OCH3 is 1. The van der Waals surface area contributed by atoms with Gasteiger partial charge in [-0.3, -0.25) is 0 Å². The molecule has 2 amide bonds. The van der Waals surface area contributed by atoms with Crippen molar-refractivity contribution in [3.05, 3.63) is 106 Å². The first-order valence-corrected chi connectivity index (χ1v) is 15.2. The van der Waals surface area contributed by atoms with E-state index in [1.807, 2.05) is 0 Å². The van der Waals surface area contributed by atoms with Crippen molar-refractivity contribution in [1.29, 1.82) is 0 Å². The minimum absolute atomic E-state index is 0.0900. The molecule has 7 nitrogen and oxygen atoms in total. The number of urea groups is 1. The molecule has 4 aromatic rings. The lowest BCUT2D eigenvalue weighted by atomic mass is 9.95. The molecule has 51 heavy (non-hydrogen) atoms. The van der Waals surface area contributed by atoms with Crippen molar-refractivity contribution in [3.63, 3.8) is 0 Å². The molecule has 270 valence electrons. The van der Waals surface area contributed by atoms with E-state index in [1.165, 1.54) is 30.2 Å². The monoisotopic (exact) mass is 725 g/mol. The molecule has 2 atom stereocenters. The number of aromatic nitrogens is 1. The van der Waals surface area contributed by atoms with Crippen LogP contribution in [0.4, 0.5) is 44.3 Å². The molecule has 2 aliphatic rings. The van der Waals surface area contributed by atoms with Gasteiger partial charge in [0.15, 0.2) is 0 Å². The molecule has 0 saturated carbocycles. The Kier molecular flexibility index (Phi) is 10.0. The van der Waals surface area contributed by atoms with Crippen LogP contribution in [0, 0.1) is 6.92 Å². The average molecular weight is 726 g/mol. The number of nitrogens with zero attached hydrogens (tertiary/aromatic N) is 2. The Morgan fingerprint density at radius 2 is 1.43 bits per heavy atom. The van der Waals surface area contributed by atoms with Gasteiger partial charge < -0.3 is 20.1 Å². The predicted molar refractivity (Wildman–Crippen MR) is 166 cm³/mol. The zero-order valence-corrected chi connectivity index (χ0v) is 26.7. The molecular formula is C35H28F9N3O4. The normalized spacial score (nSPS) is 17.4. The lowest BCUT2D eigenvalue weighted by Crippen LogP contribution is -2.28. The number of halogens is 9. The zero-order chi connectivity index (χ0) is 37.5. The third-order valence-electron chi connectivity index (χ3n) is 8.55. The molecule has 2 aliphatic heterocycles. The molecule has 16 heteroatoms. The highest BCUT2D eigenvalue weighted by molar-refractivity contribution is 5.89. The topological polar surface area (TPSA) is 91.8 Å². The van der Waals surface area contributed by atoms with E-state index in [2.05, 4.69) is 10.3 Å². The van der Waals surface area contributed by atoms with Gasteiger partial charge in [-0.15, -0.1) is 0 Å². The molecule has 2 fully saturated rings. The summed E-state index contributed by atoms with van der Waals surface area (Å²) < 4.78 is 121. The van der Waals surface area contributed by atoms with Gasteiger partial charge in [-0.25, -0.2) is 14.6 Å². The Labute approximate surface area is 284 Å². The number of fused-ring (bicyclic) bond motifs is 1. The average Bonchev–Trinajstić information content (AvgIpc) is 3.67. The number of hydrogen-bond donors (Lipinski definition) is 2. The van der Waals surface area contributed by atoms with Gasteiger partial charge in [-0.2, -0.15) is 39.5 Å². The molecule has 2 N–H and O–H groups in total. The Balaban J connectivity index is 0.000000201. The first-order chi connectivity index (χ1) is 23.8. The molecule has 2 unspecified atom stereocenters. The summed E-state index contributed by atoms with van der Waals surface area (Å²) in [7, 11) is 1.43. The predicted octanol–water partition coefficient (Wildman–Crippen LogP) is 9.40. The summed E-state index contributed by atoms with van der Waals surface area (Å²) in [5.74, 6) is -0.740. The molecule has 1 aromatic heterocycles. The summed E-state index contributed by atoms with van der Waals surface area (Å²) in [6.45, 7) is 2.24. The van der Waals surface area contributed by atoms with Crippen LogP contribution in [0.1, 0.15) is 57.1 Å². The number of pyridine rings is 1. The molecule has 0 aliphatic carbocycles. The molecule has 0 radical (unpaired) electrons. The van der Waals surface area contributed by atoms with Gasteiger partial charge in [-0.1, -0.05) is 18.2 Å². The quantitative estimate of drug-likeness (QED) is 0.200. The number of rotatable bonds is 5. The second-order valence-corrected chi connectivity index (χ2v) is 11.9. The van der Waals surface area contributed by atoms with Gasteiger partial charge in [0, 0.05) is 23.9 Å². The Bertz CT molecular complexity index is 1910. The van der Waals surface area contributed by atoms with Gasteiger partial charge in [0.2, 0.25) is 5.88 Å². The first-order valence-electron chi connectivity index (χ1n) is 15.2. The van der Waals surface area contributed by atoms with E-state index in [0.29, 0.717) is 48.2 Å². The number of aryl methyl sites for hydroxylation is 1. The van der Waals surface area contributed by atoms with Gasteiger partial charge in [0.05, 0.1) is 41.4 Å². The van der Waals surface area contributed by atoms with Crippen molar-refractivity contribution in [3.8, 4) is 28.1 Å². The van der Waals surface area contributed by atoms with E-state index in [-0.39, 0.29) is 23.1 Å². The van der Waals surface area contributed by atoms with Crippen LogP contribution in [0.5, 0.6) is 5.88 Å². The molecule has 2 saturated heterocycles. The maximum atomic E-state index is 12.9. The van der Waals surface area contributed by atoms with Crippen LogP contribution in [-0.4, -0.2) is 46.7 Å². The zero-order valence-electron chi connectivity index (χ0n) is 26.7. The van der Waals surface area contributed by atoms with E-state index < -0.39 is 59.3 Å². The summed E-state index contributed by atoms with van der Waals surface area (Å²) in [4.78, 5) is 28.6. The number of aromatic carboxylic acids is 1. The van der Waals surface area contributed by atoms with E-state index in [0.717, 1.165) is 23.3 Å². The summed E-state index contributed by atoms with van der Waals surface area (Å²) in [6, 6.07) is 11.0. The minimum Gasteiger partial charge on any atom is -0.481 e. The van der Waals surface area contributed by atoms with Crippen molar-refractivity contribution < 1.29 is 58.9 Å². The fraction of sp³-hybridized carbons (Fsp3) is 0.286. The van der Waals surface area contributed by atoms with Crippen LogP contribution in [0.3, 0.4) is 0 Å². The van der Waals surface area contributed by atoms with Crippen LogP contribution in [0.15, 0.2) is 72.9 Å². The second kappa shape index (κ2) is 13.8. The van der Waals surface area contributed by atoms with E-state index >= 15 is 0 Å². The number of amides is 2. The first kappa shape index (κ1) is 37.0. The Hall–Kier alpha value is -5.28. The number of nitrogens with one attached hydrogen (secondary N) is 1. The number of carboxylic acid groups (broad SMARTS) is 1. The number of carbonyl (C=O) groups is 2. The van der Waals surface area contributed by atoms with Gasteiger partial charge in [0.1, 0.15) is 0 Å². The van der Waals surface area contributed by atoms with Crippen LogP contribution in [0.25, 0.3) is 22.3 Å². The van der Waals surface area contributed by atoms with Gasteiger partial charge in [0.25, 0.3) is 0 Å².